The van der Waals surface area contributed by atoms with E-state index in [1.807, 2.05) is 0 Å². The second kappa shape index (κ2) is 14.9. The van der Waals surface area contributed by atoms with Gasteiger partial charge in [0.15, 0.2) is 0 Å². The maximum Gasteiger partial charge on any atom is 0.0547 e. The van der Waals surface area contributed by atoms with Crippen LogP contribution in [0.3, 0.4) is 0 Å². The van der Waals surface area contributed by atoms with Gasteiger partial charge in [-0.1, -0.05) is 140 Å². The summed E-state index contributed by atoms with van der Waals surface area (Å²) in [5.41, 5.74) is 14.8. The lowest BCUT2D eigenvalue weighted by Crippen LogP contribution is -2.12. The van der Waals surface area contributed by atoms with Crippen LogP contribution in [-0.2, 0) is 0 Å². The molecule has 0 unspecified atom stereocenters. The van der Waals surface area contributed by atoms with Crippen LogP contribution in [0.25, 0.3) is 49.7 Å². The van der Waals surface area contributed by atoms with Gasteiger partial charge in [0, 0.05) is 50.6 Å². The molecule has 9 aromatic carbocycles. The van der Waals surface area contributed by atoms with E-state index in [0.29, 0.717) is 0 Å². The third-order valence-corrected chi connectivity index (χ3v) is 10.8. The van der Waals surface area contributed by atoms with Crippen molar-refractivity contribution in [2.75, 3.05) is 9.80 Å². The summed E-state index contributed by atoms with van der Waals surface area (Å²) >= 11 is 0. The second-order valence-corrected chi connectivity index (χ2v) is 14.2. The zero-order valence-corrected chi connectivity index (χ0v) is 31.4. The summed E-state index contributed by atoms with van der Waals surface area (Å²) in [5.74, 6) is 0. The van der Waals surface area contributed by atoms with E-state index in [2.05, 4.69) is 251 Å². The van der Waals surface area contributed by atoms with Crippen molar-refractivity contribution in [3.05, 3.63) is 237 Å². The minimum atomic E-state index is 1.08. The summed E-state index contributed by atoms with van der Waals surface area (Å²) in [6, 6.07) is 84.6. The topological polar surface area (TPSA) is 11.4 Å². The number of nitrogens with zero attached hydrogens (tertiary/aromatic N) is 3. The standard InChI is InChI=1S/C54H39N3/c1-5-16-40(17-6-1)41-28-31-47(32-29-41)55(44-19-7-2-8-20-44)48-33-35-49(36-34-48)56(45-21-9-3-10-22-45)50-25-15-18-42(38-50)43-30-37-52-51-26-13-14-27-53(51)57(54(52)39-43)46-23-11-4-12-24-46/h1-39H. The van der Waals surface area contributed by atoms with E-state index in [-0.39, 0.29) is 0 Å². The summed E-state index contributed by atoms with van der Waals surface area (Å²) in [7, 11) is 0. The fraction of sp³-hybridized carbons (Fsp3) is 0. The van der Waals surface area contributed by atoms with Crippen molar-refractivity contribution in [2.45, 2.75) is 0 Å². The van der Waals surface area contributed by atoms with E-state index in [4.69, 9.17) is 0 Å². The number of hydrogen-bond donors (Lipinski definition) is 0. The molecule has 0 radical (unpaired) electrons. The van der Waals surface area contributed by atoms with Crippen molar-refractivity contribution in [3.63, 3.8) is 0 Å². The molecule has 270 valence electrons. The zero-order valence-electron chi connectivity index (χ0n) is 31.4. The highest BCUT2D eigenvalue weighted by molar-refractivity contribution is 6.10. The lowest BCUT2D eigenvalue weighted by molar-refractivity contribution is 1.18. The smallest absolute Gasteiger partial charge is 0.0547 e. The highest BCUT2D eigenvalue weighted by Crippen LogP contribution is 2.41. The van der Waals surface area contributed by atoms with E-state index in [9.17, 15) is 0 Å². The Morgan fingerprint density at radius 2 is 0.649 bits per heavy atom. The maximum atomic E-state index is 2.38. The van der Waals surface area contributed by atoms with Crippen LogP contribution in [-0.4, -0.2) is 4.57 Å². The summed E-state index contributed by atoms with van der Waals surface area (Å²) in [6.07, 6.45) is 0. The van der Waals surface area contributed by atoms with E-state index >= 15 is 0 Å². The van der Waals surface area contributed by atoms with Crippen molar-refractivity contribution in [2.24, 2.45) is 0 Å². The molecule has 3 nitrogen and oxygen atoms in total. The van der Waals surface area contributed by atoms with Crippen LogP contribution in [0.4, 0.5) is 34.1 Å². The Bertz CT molecular complexity index is 2920. The van der Waals surface area contributed by atoms with E-state index in [1.165, 1.54) is 38.5 Å². The highest BCUT2D eigenvalue weighted by atomic mass is 15.2. The summed E-state index contributed by atoms with van der Waals surface area (Å²) in [5, 5.41) is 2.50. The number of fused-ring (bicyclic) bond motifs is 3. The molecule has 0 aliphatic heterocycles. The molecule has 0 aliphatic rings. The Morgan fingerprint density at radius 1 is 0.246 bits per heavy atom. The summed E-state index contributed by atoms with van der Waals surface area (Å²) in [4.78, 5) is 4.66. The van der Waals surface area contributed by atoms with Crippen LogP contribution in [0, 0.1) is 0 Å². The molecule has 1 aromatic heterocycles. The summed E-state index contributed by atoms with van der Waals surface area (Å²) < 4.78 is 2.38. The fourth-order valence-corrected chi connectivity index (χ4v) is 8.06. The Labute approximate surface area is 333 Å². The zero-order chi connectivity index (χ0) is 38.0. The first kappa shape index (κ1) is 33.9. The van der Waals surface area contributed by atoms with Crippen molar-refractivity contribution < 1.29 is 0 Å². The summed E-state index contributed by atoms with van der Waals surface area (Å²) in [6.45, 7) is 0. The first-order valence-electron chi connectivity index (χ1n) is 19.4. The van der Waals surface area contributed by atoms with Crippen LogP contribution in [0.2, 0.25) is 0 Å². The van der Waals surface area contributed by atoms with Gasteiger partial charge in [-0.15, -0.1) is 0 Å². The molecular weight excluding hydrogens is 691 g/mol. The second-order valence-electron chi connectivity index (χ2n) is 14.2. The predicted octanol–water partition coefficient (Wildman–Crippen LogP) is 15.1. The number of benzene rings is 9. The van der Waals surface area contributed by atoms with E-state index in [0.717, 1.165) is 45.4 Å². The molecule has 1 heterocycles. The lowest BCUT2D eigenvalue weighted by atomic mass is 10.0. The molecule has 0 amide bonds. The number of aromatic nitrogens is 1. The van der Waals surface area contributed by atoms with Crippen molar-refractivity contribution >= 4 is 55.9 Å². The Hall–Kier alpha value is -7.62. The van der Waals surface area contributed by atoms with Gasteiger partial charge in [-0.2, -0.15) is 0 Å². The molecule has 10 aromatic rings. The minimum absolute atomic E-state index is 1.08. The van der Waals surface area contributed by atoms with Gasteiger partial charge in [-0.3, -0.25) is 0 Å². The molecule has 10 rings (SSSR count). The monoisotopic (exact) mass is 729 g/mol. The van der Waals surface area contributed by atoms with Gasteiger partial charge in [-0.25, -0.2) is 0 Å². The average molecular weight is 730 g/mol. The van der Waals surface area contributed by atoms with Crippen LogP contribution in [0.1, 0.15) is 0 Å². The van der Waals surface area contributed by atoms with Gasteiger partial charge in [-0.05, 0) is 119 Å². The van der Waals surface area contributed by atoms with Crippen LogP contribution in [0.5, 0.6) is 0 Å². The number of anilines is 6. The van der Waals surface area contributed by atoms with Gasteiger partial charge in [0.1, 0.15) is 0 Å². The maximum absolute atomic E-state index is 2.38. The molecule has 0 bridgehead atoms. The quantitative estimate of drug-likeness (QED) is 0.147. The SMILES string of the molecule is c1ccc(-c2ccc(N(c3ccccc3)c3ccc(N(c4ccccc4)c4cccc(-c5ccc6c7ccccc7n(-c7ccccc7)c6c5)c4)cc3)cc2)cc1. The number of hydrogen-bond acceptors (Lipinski definition) is 2. The van der Waals surface area contributed by atoms with Crippen LogP contribution >= 0.6 is 0 Å². The van der Waals surface area contributed by atoms with Crippen molar-refractivity contribution in [3.8, 4) is 27.9 Å². The molecule has 0 saturated carbocycles. The van der Waals surface area contributed by atoms with E-state index in [1.54, 1.807) is 0 Å². The Balaban J connectivity index is 1.04. The Morgan fingerprint density at radius 3 is 1.28 bits per heavy atom. The average Bonchev–Trinajstić information content (AvgIpc) is 3.62. The predicted molar refractivity (Wildman–Crippen MR) is 241 cm³/mol. The van der Waals surface area contributed by atoms with E-state index < -0.39 is 0 Å². The van der Waals surface area contributed by atoms with Gasteiger partial charge in [0.25, 0.3) is 0 Å². The molecule has 0 saturated heterocycles. The molecule has 0 spiro atoms. The highest BCUT2D eigenvalue weighted by Gasteiger charge is 2.18. The molecule has 0 N–H and O–H groups in total. The third kappa shape index (κ3) is 6.52. The molecule has 3 heteroatoms. The van der Waals surface area contributed by atoms with Gasteiger partial charge < -0.3 is 14.4 Å². The van der Waals surface area contributed by atoms with Gasteiger partial charge >= 0.3 is 0 Å². The lowest BCUT2D eigenvalue weighted by Gasteiger charge is -2.28. The molecule has 0 atom stereocenters. The largest absolute Gasteiger partial charge is 0.311 e. The van der Waals surface area contributed by atoms with Gasteiger partial charge in [0.2, 0.25) is 0 Å². The number of para-hydroxylation sites is 4. The third-order valence-electron chi connectivity index (χ3n) is 10.8. The first-order valence-corrected chi connectivity index (χ1v) is 19.4. The normalized spacial score (nSPS) is 11.2. The van der Waals surface area contributed by atoms with Crippen molar-refractivity contribution in [1.82, 2.24) is 4.57 Å². The van der Waals surface area contributed by atoms with Crippen LogP contribution in [0.15, 0.2) is 237 Å². The van der Waals surface area contributed by atoms with Gasteiger partial charge in [0.05, 0.1) is 11.0 Å². The van der Waals surface area contributed by atoms with Crippen LogP contribution < -0.4 is 9.80 Å². The first-order chi connectivity index (χ1) is 28.3. The number of rotatable bonds is 9. The fourth-order valence-electron chi connectivity index (χ4n) is 8.06. The Kier molecular flexibility index (Phi) is 8.86. The molecule has 57 heavy (non-hydrogen) atoms. The molecular formula is C54H39N3. The minimum Gasteiger partial charge on any atom is -0.311 e. The van der Waals surface area contributed by atoms with Crippen molar-refractivity contribution in [1.29, 1.82) is 0 Å². The molecule has 0 fully saturated rings. The molecule has 0 aliphatic carbocycles.